The molecular formula is C15H11FN2O. The lowest BCUT2D eigenvalue weighted by Crippen LogP contribution is -2.01. The topological polar surface area (TPSA) is 45.8 Å². The molecule has 0 saturated heterocycles. The summed E-state index contributed by atoms with van der Waals surface area (Å²) in [6.45, 7) is 1.86. The van der Waals surface area contributed by atoms with Crippen molar-refractivity contribution in [2.75, 3.05) is 0 Å². The van der Waals surface area contributed by atoms with Crippen molar-refractivity contribution in [1.29, 1.82) is 0 Å². The van der Waals surface area contributed by atoms with Crippen molar-refractivity contribution in [3.8, 4) is 0 Å². The van der Waals surface area contributed by atoms with E-state index in [2.05, 4.69) is 9.97 Å². The second kappa shape index (κ2) is 4.31. The van der Waals surface area contributed by atoms with E-state index < -0.39 is 5.82 Å². The van der Waals surface area contributed by atoms with Crippen LogP contribution in [0.25, 0.3) is 11.0 Å². The maximum absolute atomic E-state index is 13.1. The van der Waals surface area contributed by atoms with Gasteiger partial charge in [0.15, 0.2) is 5.78 Å². The SMILES string of the molecule is Cc1nc2ccc(C(=O)c3cccc(F)c3)cc2[nH]1. The molecular weight excluding hydrogens is 243 g/mol. The first-order valence-electron chi connectivity index (χ1n) is 5.90. The molecule has 0 atom stereocenters. The van der Waals surface area contributed by atoms with E-state index in [4.69, 9.17) is 0 Å². The van der Waals surface area contributed by atoms with Crippen LogP contribution in [-0.2, 0) is 0 Å². The molecule has 1 aromatic heterocycles. The third kappa shape index (κ3) is 2.12. The standard InChI is InChI=1S/C15H11FN2O/c1-9-17-13-6-5-11(8-14(13)18-9)15(19)10-3-2-4-12(16)7-10/h2-8H,1H3,(H,17,18). The van der Waals surface area contributed by atoms with Gasteiger partial charge in [-0.05, 0) is 37.3 Å². The third-order valence-corrected chi connectivity index (χ3v) is 2.95. The summed E-state index contributed by atoms with van der Waals surface area (Å²) in [4.78, 5) is 19.6. The fourth-order valence-corrected chi connectivity index (χ4v) is 2.07. The summed E-state index contributed by atoms with van der Waals surface area (Å²) in [6, 6.07) is 10.9. The number of carbonyl (C=O) groups excluding carboxylic acids is 1. The van der Waals surface area contributed by atoms with Gasteiger partial charge in [-0.15, -0.1) is 0 Å². The number of imidazole rings is 1. The predicted octanol–water partition coefficient (Wildman–Crippen LogP) is 3.24. The minimum atomic E-state index is -0.413. The Hall–Kier alpha value is -2.49. The molecule has 0 bridgehead atoms. The van der Waals surface area contributed by atoms with Gasteiger partial charge in [0.1, 0.15) is 11.6 Å². The number of aromatic amines is 1. The van der Waals surface area contributed by atoms with Crippen LogP contribution in [0.2, 0.25) is 0 Å². The Balaban J connectivity index is 2.06. The highest BCUT2D eigenvalue weighted by molar-refractivity contribution is 6.10. The molecule has 3 rings (SSSR count). The lowest BCUT2D eigenvalue weighted by Gasteiger charge is -2.01. The summed E-state index contributed by atoms with van der Waals surface area (Å²) in [6.07, 6.45) is 0. The van der Waals surface area contributed by atoms with Gasteiger partial charge in [0, 0.05) is 11.1 Å². The summed E-state index contributed by atoms with van der Waals surface area (Å²) in [5, 5.41) is 0. The molecule has 0 unspecified atom stereocenters. The smallest absolute Gasteiger partial charge is 0.193 e. The first-order chi connectivity index (χ1) is 9.13. The highest BCUT2D eigenvalue weighted by Gasteiger charge is 2.11. The van der Waals surface area contributed by atoms with Gasteiger partial charge in [-0.2, -0.15) is 0 Å². The zero-order valence-corrected chi connectivity index (χ0v) is 10.3. The number of nitrogens with one attached hydrogen (secondary N) is 1. The fourth-order valence-electron chi connectivity index (χ4n) is 2.07. The average molecular weight is 254 g/mol. The molecule has 19 heavy (non-hydrogen) atoms. The van der Waals surface area contributed by atoms with Crippen molar-refractivity contribution in [3.63, 3.8) is 0 Å². The van der Waals surface area contributed by atoms with Crippen LogP contribution in [0.15, 0.2) is 42.5 Å². The van der Waals surface area contributed by atoms with Crippen molar-refractivity contribution in [3.05, 3.63) is 65.2 Å². The summed E-state index contributed by atoms with van der Waals surface area (Å²) in [7, 11) is 0. The van der Waals surface area contributed by atoms with Crippen molar-refractivity contribution in [2.45, 2.75) is 6.92 Å². The number of aryl methyl sites for hydroxylation is 1. The molecule has 0 aliphatic rings. The van der Waals surface area contributed by atoms with Crippen LogP contribution in [0, 0.1) is 12.7 Å². The van der Waals surface area contributed by atoms with Crippen LogP contribution < -0.4 is 0 Å². The van der Waals surface area contributed by atoms with Crippen molar-refractivity contribution in [2.24, 2.45) is 0 Å². The van der Waals surface area contributed by atoms with E-state index in [9.17, 15) is 9.18 Å². The number of rotatable bonds is 2. The number of ketones is 1. The lowest BCUT2D eigenvalue weighted by molar-refractivity contribution is 0.103. The van der Waals surface area contributed by atoms with Gasteiger partial charge >= 0.3 is 0 Å². The molecule has 4 heteroatoms. The van der Waals surface area contributed by atoms with Crippen molar-refractivity contribution < 1.29 is 9.18 Å². The summed E-state index contributed by atoms with van der Waals surface area (Å²) in [5.41, 5.74) is 2.48. The monoisotopic (exact) mass is 254 g/mol. The van der Waals surface area contributed by atoms with Crippen molar-refractivity contribution in [1.82, 2.24) is 9.97 Å². The van der Waals surface area contributed by atoms with Crippen LogP contribution in [-0.4, -0.2) is 15.8 Å². The molecule has 3 aromatic rings. The Kier molecular flexibility index (Phi) is 2.63. The second-order valence-corrected chi connectivity index (χ2v) is 4.39. The molecule has 2 aromatic carbocycles. The molecule has 3 nitrogen and oxygen atoms in total. The van der Waals surface area contributed by atoms with Gasteiger partial charge in [0.05, 0.1) is 11.0 Å². The van der Waals surface area contributed by atoms with E-state index in [0.717, 1.165) is 16.9 Å². The first kappa shape index (κ1) is 11.6. The van der Waals surface area contributed by atoms with Crippen LogP contribution in [0.4, 0.5) is 4.39 Å². The van der Waals surface area contributed by atoms with E-state index >= 15 is 0 Å². The Labute approximate surface area is 109 Å². The first-order valence-corrected chi connectivity index (χ1v) is 5.90. The summed E-state index contributed by atoms with van der Waals surface area (Å²) in [5.74, 6) is 0.184. The van der Waals surface area contributed by atoms with Crippen LogP contribution in [0.1, 0.15) is 21.7 Å². The normalized spacial score (nSPS) is 10.8. The van der Waals surface area contributed by atoms with Gasteiger partial charge in [-0.25, -0.2) is 9.37 Å². The van der Waals surface area contributed by atoms with Gasteiger partial charge in [0.25, 0.3) is 0 Å². The van der Waals surface area contributed by atoms with Crippen LogP contribution >= 0.6 is 0 Å². The number of halogens is 1. The predicted molar refractivity (Wildman–Crippen MR) is 70.7 cm³/mol. The fraction of sp³-hybridized carbons (Fsp3) is 0.0667. The van der Waals surface area contributed by atoms with E-state index in [1.165, 1.54) is 18.2 Å². The Bertz CT molecular complexity index is 777. The second-order valence-electron chi connectivity index (χ2n) is 4.39. The Morgan fingerprint density at radius 2 is 1.95 bits per heavy atom. The zero-order valence-electron chi connectivity index (χ0n) is 10.3. The molecule has 1 N–H and O–H groups in total. The Morgan fingerprint density at radius 3 is 2.74 bits per heavy atom. The number of hydrogen-bond acceptors (Lipinski definition) is 2. The summed E-state index contributed by atoms with van der Waals surface area (Å²) >= 11 is 0. The number of fused-ring (bicyclic) bond motifs is 1. The van der Waals surface area contributed by atoms with Crippen LogP contribution in [0.5, 0.6) is 0 Å². The minimum Gasteiger partial charge on any atom is -0.342 e. The number of hydrogen-bond donors (Lipinski definition) is 1. The minimum absolute atomic E-state index is 0.200. The zero-order chi connectivity index (χ0) is 13.4. The average Bonchev–Trinajstić information content (AvgIpc) is 2.76. The van der Waals surface area contributed by atoms with Gasteiger partial charge in [-0.1, -0.05) is 12.1 Å². The number of carbonyl (C=O) groups is 1. The molecule has 1 heterocycles. The lowest BCUT2D eigenvalue weighted by atomic mass is 10.0. The molecule has 0 aliphatic carbocycles. The quantitative estimate of drug-likeness (QED) is 0.713. The number of aromatic nitrogens is 2. The molecule has 0 spiro atoms. The number of H-pyrrole nitrogens is 1. The summed E-state index contributed by atoms with van der Waals surface area (Å²) < 4.78 is 13.1. The largest absolute Gasteiger partial charge is 0.342 e. The van der Waals surface area contributed by atoms with E-state index in [0.29, 0.717) is 11.1 Å². The van der Waals surface area contributed by atoms with Crippen molar-refractivity contribution >= 4 is 16.8 Å². The van der Waals surface area contributed by atoms with Gasteiger partial charge < -0.3 is 4.98 Å². The molecule has 0 aliphatic heterocycles. The maximum atomic E-state index is 13.1. The molecule has 0 radical (unpaired) electrons. The molecule has 0 fully saturated rings. The maximum Gasteiger partial charge on any atom is 0.193 e. The number of benzene rings is 2. The highest BCUT2D eigenvalue weighted by atomic mass is 19.1. The van der Waals surface area contributed by atoms with E-state index in [1.54, 1.807) is 24.3 Å². The molecule has 0 saturated carbocycles. The van der Waals surface area contributed by atoms with E-state index in [-0.39, 0.29) is 5.78 Å². The third-order valence-electron chi connectivity index (χ3n) is 2.95. The Morgan fingerprint density at radius 1 is 1.16 bits per heavy atom. The number of nitrogens with zero attached hydrogens (tertiary/aromatic N) is 1. The molecule has 94 valence electrons. The highest BCUT2D eigenvalue weighted by Crippen LogP contribution is 2.17. The van der Waals surface area contributed by atoms with Crippen LogP contribution in [0.3, 0.4) is 0 Å². The van der Waals surface area contributed by atoms with E-state index in [1.807, 2.05) is 6.92 Å². The molecule has 0 amide bonds. The van der Waals surface area contributed by atoms with Gasteiger partial charge in [-0.3, -0.25) is 4.79 Å². The van der Waals surface area contributed by atoms with Gasteiger partial charge in [0.2, 0.25) is 0 Å².